The maximum absolute atomic E-state index is 11.0. The van der Waals surface area contributed by atoms with Crippen molar-refractivity contribution in [1.29, 1.82) is 0 Å². The highest BCUT2D eigenvalue weighted by Gasteiger charge is 2.09. The number of carbonyl (C=O) groups excluding carboxylic acids is 1. The fraction of sp³-hybridized carbons (Fsp3) is 0.0833. The molecule has 0 amide bonds. The summed E-state index contributed by atoms with van der Waals surface area (Å²) in [4.78, 5) is 11.0. The van der Waals surface area contributed by atoms with Crippen molar-refractivity contribution in [1.82, 2.24) is 0 Å². The highest BCUT2D eigenvalue weighted by molar-refractivity contribution is 6.05. The molecule has 3 nitrogen and oxygen atoms in total. The predicted octanol–water partition coefficient (Wildman–Crippen LogP) is 2.40. The number of hydrogen-bond donors (Lipinski definition) is 2. The number of fused-ring (bicyclic) bond motifs is 1. The maximum Gasteiger partial charge on any atom is 0.152 e. The van der Waals surface area contributed by atoms with E-state index in [-0.39, 0.29) is 5.75 Å². The number of hydrogen-bond acceptors (Lipinski definition) is 3. The lowest BCUT2D eigenvalue weighted by Gasteiger charge is -2.09. The lowest BCUT2D eigenvalue weighted by atomic mass is 10.0. The highest BCUT2D eigenvalue weighted by Crippen LogP contribution is 2.32. The van der Waals surface area contributed by atoms with Crippen molar-refractivity contribution in [2.24, 2.45) is 0 Å². The Hall–Kier alpha value is -2.03. The van der Waals surface area contributed by atoms with Crippen LogP contribution in [0.3, 0.4) is 0 Å². The van der Waals surface area contributed by atoms with Crippen LogP contribution < -0.4 is 5.32 Å². The fourth-order valence-corrected chi connectivity index (χ4v) is 1.71. The van der Waals surface area contributed by atoms with Gasteiger partial charge in [-0.3, -0.25) is 4.79 Å². The Balaban J connectivity index is 2.91. The normalized spacial score (nSPS) is 10.2. The van der Waals surface area contributed by atoms with Crippen LogP contribution in [-0.4, -0.2) is 18.4 Å². The molecule has 3 heteroatoms. The van der Waals surface area contributed by atoms with E-state index in [2.05, 4.69) is 5.32 Å². The average Bonchev–Trinajstić information content (AvgIpc) is 2.29. The largest absolute Gasteiger partial charge is 0.507 e. The van der Waals surface area contributed by atoms with Gasteiger partial charge in [0.2, 0.25) is 0 Å². The van der Waals surface area contributed by atoms with Crippen molar-refractivity contribution in [2.75, 3.05) is 12.4 Å². The minimum absolute atomic E-state index is 0.181. The summed E-state index contributed by atoms with van der Waals surface area (Å²) in [6.07, 6.45) is 0.799. The van der Waals surface area contributed by atoms with Crippen molar-refractivity contribution in [3.8, 4) is 5.75 Å². The van der Waals surface area contributed by atoms with Gasteiger partial charge >= 0.3 is 0 Å². The van der Waals surface area contributed by atoms with Gasteiger partial charge in [-0.2, -0.15) is 0 Å². The van der Waals surface area contributed by atoms with E-state index in [1.54, 1.807) is 19.2 Å². The van der Waals surface area contributed by atoms with Crippen LogP contribution in [0.2, 0.25) is 0 Å². The van der Waals surface area contributed by atoms with Crippen LogP contribution in [0.15, 0.2) is 30.3 Å². The molecule has 0 unspecified atom stereocenters. The van der Waals surface area contributed by atoms with Gasteiger partial charge in [-0.1, -0.05) is 24.3 Å². The van der Waals surface area contributed by atoms with Crippen LogP contribution >= 0.6 is 0 Å². The Bertz CT molecular complexity index is 520. The molecule has 0 aliphatic heterocycles. The summed E-state index contributed by atoms with van der Waals surface area (Å²) in [7, 11) is 1.72. The Morgan fingerprint density at radius 2 is 1.93 bits per heavy atom. The number of anilines is 1. The zero-order valence-corrected chi connectivity index (χ0v) is 8.32. The number of benzene rings is 2. The summed E-state index contributed by atoms with van der Waals surface area (Å²) in [5.74, 6) is 0.181. The van der Waals surface area contributed by atoms with Crippen LogP contribution in [0.5, 0.6) is 5.75 Å². The van der Waals surface area contributed by atoms with E-state index in [9.17, 15) is 9.90 Å². The monoisotopic (exact) mass is 201 g/mol. The number of rotatable bonds is 2. The third-order valence-electron chi connectivity index (χ3n) is 2.45. The second-order valence-electron chi connectivity index (χ2n) is 3.27. The van der Waals surface area contributed by atoms with Gasteiger partial charge in [-0.15, -0.1) is 0 Å². The van der Waals surface area contributed by atoms with Gasteiger partial charge in [0.1, 0.15) is 5.75 Å². The molecular weight excluding hydrogens is 190 g/mol. The Labute approximate surface area is 87.3 Å². The number of phenolic OH excluding ortho intramolecular Hbond substituents is 1. The summed E-state index contributed by atoms with van der Waals surface area (Å²) in [5.41, 5.74) is 1.21. The smallest absolute Gasteiger partial charge is 0.152 e. The zero-order chi connectivity index (χ0) is 10.8. The fourth-order valence-electron chi connectivity index (χ4n) is 1.71. The van der Waals surface area contributed by atoms with Crippen molar-refractivity contribution < 1.29 is 9.90 Å². The summed E-state index contributed by atoms with van der Waals surface area (Å²) >= 11 is 0. The summed E-state index contributed by atoms with van der Waals surface area (Å²) in [5, 5.41) is 14.1. The lowest BCUT2D eigenvalue weighted by Crippen LogP contribution is -1.95. The van der Waals surface area contributed by atoms with Gasteiger partial charge in [0.15, 0.2) is 6.29 Å². The second-order valence-corrected chi connectivity index (χ2v) is 3.27. The first kappa shape index (κ1) is 9.52. The molecular formula is C12H11NO2. The number of aldehydes is 1. The first-order valence-electron chi connectivity index (χ1n) is 4.65. The van der Waals surface area contributed by atoms with Crippen molar-refractivity contribution in [2.45, 2.75) is 0 Å². The minimum Gasteiger partial charge on any atom is -0.507 e. The molecule has 2 N–H and O–H groups in total. The van der Waals surface area contributed by atoms with Gasteiger partial charge in [-0.25, -0.2) is 0 Å². The Kier molecular flexibility index (Phi) is 2.29. The molecule has 0 radical (unpaired) electrons. The molecule has 0 fully saturated rings. The van der Waals surface area contributed by atoms with Crippen LogP contribution in [-0.2, 0) is 0 Å². The van der Waals surface area contributed by atoms with E-state index in [1.165, 1.54) is 0 Å². The molecule has 0 bridgehead atoms. The van der Waals surface area contributed by atoms with Gasteiger partial charge in [0, 0.05) is 29.8 Å². The maximum atomic E-state index is 11.0. The van der Waals surface area contributed by atoms with Gasteiger partial charge < -0.3 is 10.4 Å². The molecule has 15 heavy (non-hydrogen) atoms. The van der Waals surface area contributed by atoms with E-state index in [0.29, 0.717) is 16.6 Å². The molecule has 0 aliphatic carbocycles. The summed E-state index contributed by atoms with van der Waals surface area (Å²) in [6, 6.07) is 8.84. The molecule has 0 aliphatic rings. The van der Waals surface area contributed by atoms with E-state index < -0.39 is 0 Å². The van der Waals surface area contributed by atoms with E-state index in [0.717, 1.165) is 11.7 Å². The van der Waals surface area contributed by atoms with Gasteiger partial charge in [0.25, 0.3) is 0 Å². The molecule has 0 spiro atoms. The van der Waals surface area contributed by atoms with Crippen molar-refractivity contribution >= 4 is 22.7 Å². The standard InChI is InChI=1S/C12H11NO2/c1-13-11-6-12(15)9-5-3-2-4-8(9)10(11)7-14/h2-7,13,15H,1H3. The number of nitrogens with one attached hydrogen (secondary N) is 1. The molecule has 0 heterocycles. The summed E-state index contributed by atoms with van der Waals surface area (Å²) < 4.78 is 0. The van der Waals surface area contributed by atoms with Crippen LogP contribution in [0, 0.1) is 0 Å². The topological polar surface area (TPSA) is 49.3 Å². The average molecular weight is 201 g/mol. The minimum atomic E-state index is 0.181. The van der Waals surface area contributed by atoms with Crippen LogP contribution in [0.4, 0.5) is 5.69 Å². The first-order chi connectivity index (χ1) is 7.27. The second kappa shape index (κ2) is 3.61. The van der Waals surface area contributed by atoms with Crippen LogP contribution in [0.1, 0.15) is 10.4 Å². The number of carbonyl (C=O) groups is 1. The molecule has 2 rings (SSSR count). The van der Waals surface area contributed by atoms with E-state index in [4.69, 9.17) is 0 Å². The molecule has 0 atom stereocenters. The zero-order valence-electron chi connectivity index (χ0n) is 8.32. The van der Waals surface area contributed by atoms with Crippen molar-refractivity contribution in [3.05, 3.63) is 35.9 Å². The third-order valence-corrected chi connectivity index (χ3v) is 2.45. The third kappa shape index (κ3) is 1.42. The van der Waals surface area contributed by atoms with E-state index >= 15 is 0 Å². The quantitative estimate of drug-likeness (QED) is 0.733. The first-order valence-corrected chi connectivity index (χ1v) is 4.65. The molecule has 0 aromatic heterocycles. The molecule has 76 valence electrons. The Morgan fingerprint density at radius 3 is 2.53 bits per heavy atom. The molecule has 2 aromatic rings. The van der Waals surface area contributed by atoms with Gasteiger partial charge in [0.05, 0.1) is 0 Å². The van der Waals surface area contributed by atoms with E-state index in [1.807, 2.05) is 18.2 Å². The van der Waals surface area contributed by atoms with Crippen molar-refractivity contribution in [3.63, 3.8) is 0 Å². The molecule has 0 saturated carbocycles. The number of aromatic hydroxyl groups is 1. The molecule has 0 saturated heterocycles. The predicted molar refractivity (Wildman–Crippen MR) is 60.5 cm³/mol. The Morgan fingerprint density at radius 1 is 1.27 bits per heavy atom. The lowest BCUT2D eigenvalue weighted by molar-refractivity contribution is 0.112. The SMILES string of the molecule is CNc1cc(O)c2ccccc2c1C=O. The summed E-state index contributed by atoms with van der Waals surface area (Å²) in [6.45, 7) is 0. The number of phenols is 1. The van der Waals surface area contributed by atoms with Crippen LogP contribution in [0.25, 0.3) is 10.8 Å². The van der Waals surface area contributed by atoms with Gasteiger partial charge in [-0.05, 0) is 5.39 Å². The molecule has 2 aromatic carbocycles. The highest BCUT2D eigenvalue weighted by atomic mass is 16.3.